The average molecular weight is 222 g/mol. The fourth-order valence-electron chi connectivity index (χ4n) is 1.37. The molecule has 1 aromatic carbocycles. The maximum Gasteiger partial charge on any atom is 0.243 e. The summed E-state index contributed by atoms with van der Waals surface area (Å²) in [5.74, 6) is 0.637. The summed E-state index contributed by atoms with van der Waals surface area (Å²) >= 11 is 0. The van der Waals surface area contributed by atoms with Crippen LogP contribution in [0, 0.1) is 0 Å². The Bertz CT molecular complexity index is 366. The van der Waals surface area contributed by atoms with Crippen LogP contribution in [0.25, 0.3) is 0 Å². The molecule has 0 saturated heterocycles. The highest BCUT2D eigenvalue weighted by Crippen LogP contribution is 2.20. The quantitative estimate of drug-likeness (QED) is 0.837. The van der Waals surface area contributed by atoms with Gasteiger partial charge in [0.25, 0.3) is 0 Å². The second-order valence-electron chi connectivity index (χ2n) is 3.61. The zero-order valence-electron chi connectivity index (χ0n) is 9.93. The summed E-state index contributed by atoms with van der Waals surface area (Å²) in [6, 6.07) is 6.89. The average Bonchev–Trinajstić information content (AvgIpc) is 2.36. The van der Waals surface area contributed by atoms with E-state index in [1.807, 2.05) is 25.1 Å². The van der Waals surface area contributed by atoms with Gasteiger partial charge in [-0.2, -0.15) is 0 Å². The van der Waals surface area contributed by atoms with E-state index in [2.05, 4.69) is 0 Å². The summed E-state index contributed by atoms with van der Waals surface area (Å²) in [5, 5.41) is 0. The van der Waals surface area contributed by atoms with Gasteiger partial charge in [0.1, 0.15) is 5.75 Å². The third kappa shape index (κ3) is 2.73. The topological polar surface area (TPSA) is 55.6 Å². The standard InChI is InChI=1S/C12H18N2O2/c1-4-11(13)12(15)14(2)9-6-5-7-10(8-9)16-3/h5-8,11H,4,13H2,1-3H3/t11-/m1/s1. The van der Waals surface area contributed by atoms with Crippen molar-refractivity contribution < 1.29 is 9.53 Å². The normalized spacial score (nSPS) is 12.0. The van der Waals surface area contributed by atoms with E-state index in [4.69, 9.17) is 10.5 Å². The Balaban J connectivity index is 2.87. The van der Waals surface area contributed by atoms with Gasteiger partial charge < -0.3 is 15.4 Å². The minimum Gasteiger partial charge on any atom is -0.497 e. The van der Waals surface area contributed by atoms with E-state index in [0.717, 1.165) is 11.4 Å². The molecule has 4 nitrogen and oxygen atoms in total. The lowest BCUT2D eigenvalue weighted by Crippen LogP contribution is -2.41. The zero-order chi connectivity index (χ0) is 12.1. The lowest BCUT2D eigenvalue weighted by Gasteiger charge is -2.21. The first-order chi connectivity index (χ1) is 7.60. The Hall–Kier alpha value is -1.55. The van der Waals surface area contributed by atoms with E-state index >= 15 is 0 Å². The van der Waals surface area contributed by atoms with Crippen LogP contribution in [0.4, 0.5) is 5.69 Å². The van der Waals surface area contributed by atoms with Gasteiger partial charge in [0, 0.05) is 18.8 Å². The minimum absolute atomic E-state index is 0.0873. The maximum atomic E-state index is 11.8. The third-order valence-corrected chi connectivity index (χ3v) is 2.53. The summed E-state index contributed by atoms with van der Waals surface area (Å²) in [6.07, 6.45) is 0.632. The van der Waals surface area contributed by atoms with Crippen LogP contribution < -0.4 is 15.4 Å². The fourth-order valence-corrected chi connectivity index (χ4v) is 1.37. The number of ether oxygens (including phenoxy) is 1. The van der Waals surface area contributed by atoms with Crippen molar-refractivity contribution in [3.63, 3.8) is 0 Å². The molecule has 4 heteroatoms. The number of carbonyl (C=O) groups is 1. The molecule has 0 aliphatic carbocycles. The van der Waals surface area contributed by atoms with Gasteiger partial charge in [-0.25, -0.2) is 0 Å². The van der Waals surface area contributed by atoms with Gasteiger partial charge >= 0.3 is 0 Å². The van der Waals surface area contributed by atoms with Crippen molar-refractivity contribution in [2.45, 2.75) is 19.4 Å². The van der Waals surface area contributed by atoms with Gasteiger partial charge in [-0.05, 0) is 18.6 Å². The molecule has 0 spiro atoms. The smallest absolute Gasteiger partial charge is 0.243 e. The molecule has 1 aromatic rings. The summed E-state index contributed by atoms with van der Waals surface area (Å²) in [7, 11) is 3.31. The van der Waals surface area contributed by atoms with Gasteiger partial charge in [0.05, 0.1) is 13.2 Å². The Morgan fingerprint density at radius 1 is 1.56 bits per heavy atom. The molecule has 0 fully saturated rings. The molecule has 0 aromatic heterocycles. The number of benzene rings is 1. The largest absolute Gasteiger partial charge is 0.497 e. The van der Waals surface area contributed by atoms with Crippen molar-refractivity contribution in [1.82, 2.24) is 0 Å². The highest BCUT2D eigenvalue weighted by molar-refractivity contribution is 5.96. The van der Waals surface area contributed by atoms with Crippen LogP contribution in [0.5, 0.6) is 5.75 Å². The molecule has 1 amide bonds. The van der Waals surface area contributed by atoms with Crippen molar-refractivity contribution in [3.8, 4) is 5.75 Å². The second kappa shape index (κ2) is 5.51. The number of nitrogens with two attached hydrogens (primary N) is 1. The molecule has 0 aliphatic heterocycles. The summed E-state index contributed by atoms with van der Waals surface area (Å²) < 4.78 is 5.10. The van der Waals surface area contributed by atoms with Gasteiger partial charge in [-0.3, -0.25) is 4.79 Å². The molecular formula is C12H18N2O2. The molecule has 88 valence electrons. The lowest BCUT2D eigenvalue weighted by molar-refractivity contribution is -0.119. The highest BCUT2D eigenvalue weighted by Gasteiger charge is 2.17. The number of hydrogen-bond donors (Lipinski definition) is 1. The Kier molecular flexibility index (Phi) is 4.31. The molecule has 2 N–H and O–H groups in total. The van der Waals surface area contributed by atoms with Gasteiger partial charge in [0.2, 0.25) is 5.91 Å². The van der Waals surface area contributed by atoms with Crippen LogP contribution in [0.3, 0.4) is 0 Å². The van der Waals surface area contributed by atoms with Crippen molar-refractivity contribution in [2.24, 2.45) is 5.73 Å². The zero-order valence-corrected chi connectivity index (χ0v) is 9.93. The molecule has 1 atom stereocenters. The maximum absolute atomic E-state index is 11.8. The number of likely N-dealkylation sites (N-methyl/N-ethyl adjacent to an activating group) is 1. The van der Waals surface area contributed by atoms with Crippen LogP contribution in [0.1, 0.15) is 13.3 Å². The molecule has 0 saturated carbocycles. The molecule has 0 radical (unpaired) electrons. The van der Waals surface area contributed by atoms with Crippen LogP contribution in [0.15, 0.2) is 24.3 Å². The summed E-state index contributed by atoms with van der Waals surface area (Å²) in [4.78, 5) is 13.4. The van der Waals surface area contributed by atoms with Gasteiger partial charge in [0.15, 0.2) is 0 Å². The van der Waals surface area contributed by atoms with Crippen molar-refractivity contribution in [3.05, 3.63) is 24.3 Å². The van der Waals surface area contributed by atoms with Crippen molar-refractivity contribution in [1.29, 1.82) is 0 Å². The van der Waals surface area contributed by atoms with E-state index in [0.29, 0.717) is 6.42 Å². The highest BCUT2D eigenvalue weighted by atomic mass is 16.5. The Labute approximate surface area is 96.0 Å². The van der Waals surface area contributed by atoms with Crippen molar-refractivity contribution >= 4 is 11.6 Å². The van der Waals surface area contributed by atoms with Crippen LogP contribution >= 0.6 is 0 Å². The first-order valence-corrected chi connectivity index (χ1v) is 5.27. The molecule has 0 heterocycles. The van der Waals surface area contributed by atoms with E-state index in [1.165, 1.54) is 0 Å². The number of carbonyl (C=O) groups excluding carboxylic acids is 1. The van der Waals surface area contributed by atoms with Gasteiger partial charge in [-0.1, -0.05) is 13.0 Å². The summed E-state index contributed by atoms with van der Waals surface area (Å²) in [6.45, 7) is 1.89. The molecule has 16 heavy (non-hydrogen) atoms. The van der Waals surface area contributed by atoms with E-state index in [-0.39, 0.29) is 5.91 Å². The Morgan fingerprint density at radius 3 is 2.81 bits per heavy atom. The number of methoxy groups -OCH3 is 1. The molecule has 0 aliphatic rings. The lowest BCUT2D eigenvalue weighted by atomic mass is 10.2. The second-order valence-corrected chi connectivity index (χ2v) is 3.61. The molecule has 1 rings (SSSR count). The summed E-state index contributed by atoms with van der Waals surface area (Å²) in [5.41, 5.74) is 6.49. The first-order valence-electron chi connectivity index (χ1n) is 5.27. The third-order valence-electron chi connectivity index (χ3n) is 2.53. The fraction of sp³-hybridized carbons (Fsp3) is 0.417. The van der Waals surface area contributed by atoms with Crippen LogP contribution in [-0.4, -0.2) is 26.1 Å². The SMILES string of the molecule is CC[C@@H](N)C(=O)N(C)c1cccc(OC)c1. The number of hydrogen-bond acceptors (Lipinski definition) is 3. The molecular weight excluding hydrogens is 204 g/mol. The van der Waals surface area contributed by atoms with Gasteiger partial charge in [-0.15, -0.1) is 0 Å². The monoisotopic (exact) mass is 222 g/mol. The van der Waals surface area contributed by atoms with Crippen molar-refractivity contribution in [2.75, 3.05) is 19.1 Å². The van der Waals surface area contributed by atoms with E-state index in [9.17, 15) is 4.79 Å². The predicted octanol–water partition coefficient (Wildman–Crippen LogP) is 1.40. The number of anilines is 1. The molecule has 0 unspecified atom stereocenters. The number of nitrogens with zero attached hydrogens (tertiary/aromatic N) is 1. The van der Waals surface area contributed by atoms with E-state index in [1.54, 1.807) is 25.1 Å². The minimum atomic E-state index is -0.448. The molecule has 0 bridgehead atoms. The number of rotatable bonds is 4. The van der Waals surface area contributed by atoms with E-state index < -0.39 is 6.04 Å². The van der Waals surface area contributed by atoms with Crippen LogP contribution in [0.2, 0.25) is 0 Å². The first kappa shape index (κ1) is 12.5. The van der Waals surface area contributed by atoms with Crippen LogP contribution in [-0.2, 0) is 4.79 Å². The number of amides is 1. The predicted molar refractivity (Wildman–Crippen MR) is 64.7 cm³/mol. The Morgan fingerprint density at radius 2 is 2.25 bits per heavy atom.